The molecule has 1 heterocycles. The molecule has 0 aliphatic rings. The summed E-state index contributed by atoms with van der Waals surface area (Å²) in [5.41, 5.74) is 0. The van der Waals surface area contributed by atoms with Crippen LogP contribution >= 0.6 is 0 Å². The fourth-order valence-electron chi connectivity index (χ4n) is 1.47. The Labute approximate surface area is 106 Å². The summed E-state index contributed by atoms with van der Waals surface area (Å²) in [4.78, 5) is 10.4. The molecule has 1 atom stereocenters. The molecule has 102 valence electrons. The first-order valence-corrected chi connectivity index (χ1v) is 7.17. The van der Waals surface area contributed by atoms with Gasteiger partial charge in [-0.15, -0.1) is 0 Å². The molecule has 1 rings (SSSR count). The van der Waals surface area contributed by atoms with E-state index in [1.165, 1.54) is 12.1 Å². The van der Waals surface area contributed by atoms with Gasteiger partial charge in [0.2, 0.25) is 5.09 Å². The Balaban J connectivity index is 2.67. The van der Waals surface area contributed by atoms with Gasteiger partial charge in [0.15, 0.2) is 12.0 Å². The summed E-state index contributed by atoms with van der Waals surface area (Å²) in [5, 5.41) is 8.54. The number of nitrogens with one attached hydrogen (secondary N) is 1. The number of carbonyl (C=O) groups excluding carboxylic acids is 1. The molecular weight excluding hydrogens is 258 g/mol. The van der Waals surface area contributed by atoms with E-state index in [0.29, 0.717) is 12.7 Å². The molecule has 0 spiro atoms. The molecular formula is C11H17NO5S. The molecule has 0 bridgehead atoms. The van der Waals surface area contributed by atoms with Crippen molar-refractivity contribution in [3.05, 3.63) is 17.9 Å². The van der Waals surface area contributed by atoms with Crippen molar-refractivity contribution in [1.29, 1.82) is 0 Å². The molecule has 0 saturated heterocycles. The molecule has 0 fully saturated rings. The second kappa shape index (κ2) is 6.67. The van der Waals surface area contributed by atoms with Crippen LogP contribution < -0.4 is 4.72 Å². The van der Waals surface area contributed by atoms with E-state index in [-0.39, 0.29) is 29.9 Å². The Bertz CT molecular complexity index is 479. The molecule has 0 saturated carbocycles. The molecule has 0 aromatic carbocycles. The van der Waals surface area contributed by atoms with E-state index in [2.05, 4.69) is 4.72 Å². The van der Waals surface area contributed by atoms with Crippen LogP contribution in [0, 0.1) is 5.92 Å². The molecule has 7 heteroatoms. The van der Waals surface area contributed by atoms with Crippen molar-refractivity contribution in [1.82, 2.24) is 4.72 Å². The van der Waals surface area contributed by atoms with Crippen molar-refractivity contribution in [2.45, 2.75) is 24.9 Å². The molecule has 0 aliphatic heterocycles. The van der Waals surface area contributed by atoms with E-state index in [0.717, 1.165) is 6.42 Å². The molecule has 1 aromatic heterocycles. The minimum Gasteiger partial charge on any atom is -0.440 e. The Kier molecular flexibility index (Phi) is 5.52. The summed E-state index contributed by atoms with van der Waals surface area (Å²) in [6, 6.07) is 2.53. The number of furan rings is 1. The predicted molar refractivity (Wildman–Crippen MR) is 64.8 cm³/mol. The topological polar surface area (TPSA) is 96.6 Å². The standard InChI is InChI=1S/C11H17NO5S/c1-2-9(5-6-13)7-12-18(15,16)11-4-3-10(8-14)17-11/h3-4,8-9,12-13H,2,5-7H2,1H3. The van der Waals surface area contributed by atoms with Crippen LogP contribution in [-0.2, 0) is 10.0 Å². The minimum absolute atomic E-state index is 0.0241. The van der Waals surface area contributed by atoms with Crippen molar-refractivity contribution in [3.8, 4) is 0 Å². The van der Waals surface area contributed by atoms with E-state index < -0.39 is 10.0 Å². The third kappa shape index (κ3) is 3.94. The third-order valence-electron chi connectivity index (χ3n) is 2.66. The Morgan fingerprint density at radius 3 is 2.72 bits per heavy atom. The number of sulfonamides is 1. The van der Waals surface area contributed by atoms with Crippen LogP contribution in [0.25, 0.3) is 0 Å². The van der Waals surface area contributed by atoms with Gasteiger partial charge in [0, 0.05) is 13.2 Å². The maximum absolute atomic E-state index is 11.8. The quantitative estimate of drug-likeness (QED) is 0.683. The van der Waals surface area contributed by atoms with Crippen LogP contribution in [0.4, 0.5) is 0 Å². The van der Waals surface area contributed by atoms with Crippen LogP contribution in [0.2, 0.25) is 0 Å². The number of aldehydes is 1. The smallest absolute Gasteiger partial charge is 0.273 e. The first-order chi connectivity index (χ1) is 8.53. The molecule has 2 N–H and O–H groups in total. The van der Waals surface area contributed by atoms with E-state index in [9.17, 15) is 13.2 Å². The van der Waals surface area contributed by atoms with Gasteiger partial charge in [-0.25, -0.2) is 13.1 Å². The van der Waals surface area contributed by atoms with Gasteiger partial charge in [-0.3, -0.25) is 4.79 Å². The van der Waals surface area contributed by atoms with E-state index in [1.807, 2.05) is 6.92 Å². The molecule has 1 unspecified atom stereocenters. The van der Waals surface area contributed by atoms with Crippen LogP contribution in [0.5, 0.6) is 0 Å². The molecule has 1 aromatic rings. The van der Waals surface area contributed by atoms with Gasteiger partial charge in [0.1, 0.15) is 0 Å². The molecule has 0 radical (unpaired) electrons. The zero-order valence-corrected chi connectivity index (χ0v) is 10.9. The predicted octanol–water partition coefficient (Wildman–Crippen LogP) is 0.779. The Morgan fingerprint density at radius 1 is 1.50 bits per heavy atom. The third-order valence-corrected chi connectivity index (χ3v) is 3.96. The number of aliphatic hydroxyl groups excluding tert-OH is 1. The van der Waals surface area contributed by atoms with Crippen LogP contribution in [-0.4, -0.2) is 33.0 Å². The van der Waals surface area contributed by atoms with Crippen molar-refractivity contribution < 1.29 is 22.7 Å². The Morgan fingerprint density at radius 2 is 2.22 bits per heavy atom. The number of hydrogen-bond donors (Lipinski definition) is 2. The Hall–Kier alpha value is -1.18. The van der Waals surface area contributed by atoms with Gasteiger partial charge in [0.05, 0.1) is 0 Å². The fourth-order valence-corrected chi connectivity index (χ4v) is 2.52. The summed E-state index contributed by atoms with van der Waals surface area (Å²) in [6.45, 7) is 2.18. The lowest BCUT2D eigenvalue weighted by molar-refractivity contribution is 0.109. The van der Waals surface area contributed by atoms with Gasteiger partial charge in [0.25, 0.3) is 10.0 Å². The van der Waals surface area contributed by atoms with Crippen LogP contribution in [0.15, 0.2) is 21.6 Å². The second-order valence-electron chi connectivity index (χ2n) is 3.91. The van der Waals surface area contributed by atoms with E-state index in [4.69, 9.17) is 9.52 Å². The maximum Gasteiger partial charge on any atom is 0.273 e. The van der Waals surface area contributed by atoms with Gasteiger partial charge < -0.3 is 9.52 Å². The first-order valence-electron chi connectivity index (χ1n) is 5.69. The lowest BCUT2D eigenvalue weighted by atomic mass is 10.0. The zero-order valence-electron chi connectivity index (χ0n) is 10.1. The van der Waals surface area contributed by atoms with Crippen molar-refractivity contribution in [2.24, 2.45) is 5.92 Å². The average Bonchev–Trinajstić information content (AvgIpc) is 2.84. The normalized spacial score (nSPS) is 13.4. The first kappa shape index (κ1) is 14.9. The highest BCUT2D eigenvalue weighted by Gasteiger charge is 2.19. The van der Waals surface area contributed by atoms with Crippen molar-refractivity contribution in [3.63, 3.8) is 0 Å². The van der Waals surface area contributed by atoms with E-state index in [1.54, 1.807) is 0 Å². The second-order valence-corrected chi connectivity index (χ2v) is 5.61. The lowest BCUT2D eigenvalue weighted by Gasteiger charge is -2.13. The van der Waals surface area contributed by atoms with Crippen LogP contribution in [0.3, 0.4) is 0 Å². The fraction of sp³-hybridized carbons (Fsp3) is 0.545. The van der Waals surface area contributed by atoms with Crippen LogP contribution in [0.1, 0.15) is 30.3 Å². The summed E-state index contributed by atoms with van der Waals surface area (Å²) < 4.78 is 30.9. The van der Waals surface area contributed by atoms with E-state index >= 15 is 0 Å². The summed E-state index contributed by atoms with van der Waals surface area (Å²) in [6.07, 6.45) is 1.75. The highest BCUT2D eigenvalue weighted by Crippen LogP contribution is 2.13. The summed E-state index contributed by atoms with van der Waals surface area (Å²) in [5.74, 6) is 0.0445. The zero-order chi connectivity index (χ0) is 13.6. The highest BCUT2D eigenvalue weighted by atomic mass is 32.2. The number of hydrogen-bond acceptors (Lipinski definition) is 5. The average molecular weight is 275 g/mol. The number of rotatable bonds is 8. The van der Waals surface area contributed by atoms with Crippen molar-refractivity contribution >= 4 is 16.3 Å². The summed E-state index contributed by atoms with van der Waals surface area (Å²) in [7, 11) is -3.73. The molecule has 6 nitrogen and oxygen atoms in total. The van der Waals surface area contributed by atoms with Gasteiger partial charge >= 0.3 is 0 Å². The van der Waals surface area contributed by atoms with Gasteiger partial charge in [-0.1, -0.05) is 13.3 Å². The largest absolute Gasteiger partial charge is 0.440 e. The monoisotopic (exact) mass is 275 g/mol. The SMILES string of the molecule is CCC(CCO)CNS(=O)(=O)c1ccc(C=O)o1. The lowest BCUT2D eigenvalue weighted by Crippen LogP contribution is -2.29. The maximum atomic E-state index is 11.8. The van der Waals surface area contributed by atoms with Crippen molar-refractivity contribution in [2.75, 3.05) is 13.2 Å². The number of carbonyl (C=O) groups is 1. The summed E-state index contributed by atoms with van der Waals surface area (Å²) >= 11 is 0. The molecule has 0 aliphatic carbocycles. The highest BCUT2D eigenvalue weighted by molar-refractivity contribution is 7.89. The molecule has 0 amide bonds. The minimum atomic E-state index is -3.73. The van der Waals surface area contributed by atoms with Gasteiger partial charge in [-0.2, -0.15) is 0 Å². The molecule has 18 heavy (non-hydrogen) atoms. The van der Waals surface area contributed by atoms with Gasteiger partial charge in [-0.05, 0) is 24.5 Å². The number of aliphatic hydroxyl groups is 1.